The molecule has 2 aromatic rings. The Morgan fingerprint density at radius 1 is 1.16 bits per heavy atom. The molecule has 0 bridgehead atoms. The van der Waals surface area contributed by atoms with Crippen LogP contribution in [0, 0.1) is 11.8 Å². The van der Waals surface area contributed by atoms with Crippen molar-refractivity contribution in [3.8, 4) is 0 Å². The van der Waals surface area contributed by atoms with Gasteiger partial charge >= 0.3 is 6.18 Å². The van der Waals surface area contributed by atoms with Gasteiger partial charge in [0.05, 0.1) is 29.0 Å². The van der Waals surface area contributed by atoms with E-state index in [0.717, 1.165) is 44.2 Å². The number of carbonyl (C=O) groups is 2. The third kappa shape index (κ3) is 6.09. The molecule has 2 N–H and O–H groups in total. The summed E-state index contributed by atoms with van der Waals surface area (Å²) in [5.41, 5.74) is 0.999. The van der Waals surface area contributed by atoms with Crippen molar-refractivity contribution >= 4 is 23.2 Å². The lowest BCUT2D eigenvalue weighted by molar-refractivity contribution is -0.137. The quantitative estimate of drug-likeness (QED) is 0.461. The number of unbranched alkanes of at least 4 members (excludes halogenated alkanes) is 1. The molecule has 6 nitrogen and oxygen atoms in total. The molecule has 0 radical (unpaired) electrons. The molecule has 9 heteroatoms. The summed E-state index contributed by atoms with van der Waals surface area (Å²) in [7, 11) is 1.58. The van der Waals surface area contributed by atoms with Crippen molar-refractivity contribution in [1.29, 1.82) is 0 Å². The van der Waals surface area contributed by atoms with E-state index in [4.69, 9.17) is 0 Å². The second-order valence-corrected chi connectivity index (χ2v) is 10.2. The minimum Gasteiger partial charge on any atom is -0.392 e. The highest BCUT2D eigenvalue weighted by molar-refractivity contribution is 6.20. The van der Waals surface area contributed by atoms with E-state index in [1.807, 2.05) is 6.92 Å². The zero-order valence-electron chi connectivity index (χ0n) is 21.7. The van der Waals surface area contributed by atoms with Crippen LogP contribution < -0.4 is 10.2 Å². The number of nitrogens with one attached hydrogen (secondary N) is 1. The van der Waals surface area contributed by atoms with Gasteiger partial charge in [-0.15, -0.1) is 0 Å². The van der Waals surface area contributed by atoms with Gasteiger partial charge in [0.15, 0.2) is 0 Å². The van der Waals surface area contributed by atoms with Gasteiger partial charge in [0, 0.05) is 18.2 Å². The van der Waals surface area contributed by atoms with Crippen LogP contribution in [0.15, 0.2) is 53.5 Å². The highest BCUT2D eigenvalue weighted by Crippen LogP contribution is 2.35. The van der Waals surface area contributed by atoms with Crippen LogP contribution in [0.2, 0.25) is 0 Å². The van der Waals surface area contributed by atoms with Gasteiger partial charge in [-0.1, -0.05) is 69.4 Å². The molecule has 0 saturated heterocycles. The summed E-state index contributed by atoms with van der Waals surface area (Å²) in [6, 6.07) is 11.6. The van der Waals surface area contributed by atoms with Crippen LogP contribution in [-0.4, -0.2) is 41.9 Å². The number of aliphatic hydroxyl groups is 1. The Morgan fingerprint density at radius 2 is 1.84 bits per heavy atom. The molecule has 1 unspecified atom stereocenters. The van der Waals surface area contributed by atoms with Gasteiger partial charge < -0.3 is 15.3 Å². The third-order valence-corrected chi connectivity index (χ3v) is 7.57. The summed E-state index contributed by atoms with van der Waals surface area (Å²) in [5, 5.41) is 13.6. The highest BCUT2D eigenvalue weighted by Gasteiger charge is 2.36. The van der Waals surface area contributed by atoms with Crippen molar-refractivity contribution in [2.24, 2.45) is 16.8 Å². The van der Waals surface area contributed by atoms with Gasteiger partial charge in [0.25, 0.3) is 5.91 Å². The van der Waals surface area contributed by atoms with E-state index in [9.17, 15) is 27.9 Å². The first-order valence-electron chi connectivity index (χ1n) is 13.2. The first-order valence-corrected chi connectivity index (χ1v) is 13.2. The summed E-state index contributed by atoms with van der Waals surface area (Å²) in [6.45, 7) is 2.02. The maximum atomic E-state index is 13.5. The molecule has 2 aromatic carbocycles. The Kier molecular flexibility index (Phi) is 8.55. The van der Waals surface area contributed by atoms with E-state index < -0.39 is 41.7 Å². The predicted molar refractivity (Wildman–Crippen MR) is 140 cm³/mol. The molecule has 2 amide bonds. The van der Waals surface area contributed by atoms with Crippen LogP contribution in [0.25, 0.3) is 0 Å². The number of amides is 2. The first kappa shape index (κ1) is 27.8. The van der Waals surface area contributed by atoms with E-state index in [0.29, 0.717) is 41.3 Å². The molecule has 4 rings (SSSR count). The van der Waals surface area contributed by atoms with Crippen LogP contribution in [0.3, 0.4) is 0 Å². The van der Waals surface area contributed by atoms with Crippen LogP contribution in [0.4, 0.5) is 18.9 Å². The zero-order chi connectivity index (χ0) is 27.4. The average Bonchev–Trinajstić information content (AvgIpc) is 2.97. The Bertz CT molecular complexity index is 1180. The maximum absolute atomic E-state index is 13.5. The van der Waals surface area contributed by atoms with Gasteiger partial charge in [-0.3, -0.25) is 9.59 Å². The van der Waals surface area contributed by atoms with E-state index in [2.05, 4.69) is 10.3 Å². The highest BCUT2D eigenvalue weighted by atomic mass is 19.4. The van der Waals surface area contributed by atoms with Gasteiger partial charge in [-0.2, -0.15) is 13.2 Å². The van der Waals surface area contributed by atoms with Gasteiger partial charge in [0.1, 0.15) is 0 Å². The monoisotopic (exact) mass is 529 g/mol. The maximum Gasteiger partial charge on any atom is 0.416 e. The number of nitrogens with zero attached hydrogens (tertiary/aromatic N) is 2. The number of rotatable bonds is 9. The lowest BCUT2D eigenvalue weighted by Crippen LogP contribution is -2.50. The number of fused-ring (bicyclic) bond motifs is 1. The van der Waals surface area contributed by atoms with E-state index >= 15 is 0 Å². The van der Waals surface area contributed by atoms with Crippen LogP contribution in [0.1, 0.15) is 68.6 Å². The van der Waals surface area contributed by atoms with Crippen LogP contribution >= 0.6 is 0 Å². The van der Waals surface area contributed by atoms with E-state index in [1.54, 1.807) is 31.3 Å². The molecule has 1 fully saturated rings. The van der Waals surface area contributed by atoms with Gasteiger partial charge in [0.2, 0.25) is 12.1 Å². The molecule has 0 aromatic heterocycles. The number of halogens is 3. The molecule has 2 aliphatic rings. The number of likely N-dealkylation sites (N-methyl/N-ethyl adjacent to an activating group) is 1. The number of hydrogen-bond acceptors (Lipinski definition) is 4. The van der Waals surface area contributed by atoms with Crippen molar-refractivity contribution < 1.29 is 27.9 Å². The van der Waals surface area contributed by atoms with Crippen LogP contribution in [0.5, 0.6) is 0 Å². The number of benzene rings is 2. The summed E-state index contributed by atoms with van der Waals surface area (Å²) < 4.78 is 39.5. The molecular weight excluding hydrogens is 495 g/mol. The summed E-state index contributed by atoms with van der Waals surface area (Å²) in [5.74, 6) is -1.21. The molecule has 1 heterocycles. The van der Waals surface area contributed by atoms with Crippen molar-refractivity contribution in [3.63, 3.8) is 0 Å². The second-order valence-electron chi connectivity index (χ2n) is 10.2. The fourth-order valence-corrected chi connectivity index (χ4v) is 5.05. The van der Waals surface area contributed by atoms with Crippen molar-refractivity contribution in [3.05, 3.63) is 65.2 Å². The van der Waals surface area contributed by atoms with Gasteiger partial charge in [-0.25, -0.2) is 4.99 Å². The van der Waals surface area contributed by atoms with Crippen LogP contribution in [-0.2, 0) is 15.8 Å². The van der Waals surface area contributed by atoms with Gasteiger partial charge in [-0.05, 0) is 37.0 Å². The number of para-hydroxylation sites is 1. The normalized spacial score (nSPS) is 19.6. The zero-order valence-corrected chi connectivity index (χ0v) is 21.7. The van der Waals surface area contributed by atoms with E-state index in [-0.39, 0.29) is 0 Å². The molecule has 204 valence electrons. The summed E-state index contributed by atoms with van der Waals surface area (Å²) in [4.78, 5) is 32.9. The topological polar surface area (TPSA) is 82.0 Å². The largest absolute Gasteiger partial charge is 0.416 e. The number of anilines is 1. The van der Waals surface area contributed by atoms with Crippen molar-refractivity contribution in [2.45, 2.75) is 70.3 Å². The second kappa shape index (κ2) is 11.7. The number of benzodiazepines with no additional fused rings is 1. The number of carbonyl (C=O) groups excluding carboxylic acids is 2. The molecule has 3 atom stereocenters. The third-order valence-electron chi connectivity index (χ3n) is 7.57. The SMILES string of the molecule is CCCC[C@H](O)[C@@H](CC1CCC1)C(=O)NC1N=C(c2ccc(C(F)(F)F)cc2)c2ccccc2N(C)C1=O. The number of hydrogen-bond donors (Lipinski definition) is 2. The van der Waals surface area contributed by atoms with Crippen molar-refractivity contribution in [2.75, 3.05) is 11.9 Å². The number of aliphatic hydroxyl groups excluding tert-OH is 1. The summed E-state index contributed by atoms with van der Waals surface area (Å²) >= 11 is 0. The fourth-order valence-electron chi connectivity index (χ4n) is 5.05. The van der Waals surface area contributed by atoms with Crippen molar-refractivity contribution in [1.82, 2.24) is 5.32 Å². The lowest BCUT2D eigenvalue weighted by Gasteiger charge is -2.32. The molecule has 1 saturated carbocycles. The fraction of sp³-hybridized carbons (Fsp3) is 0.483. The Morgan fingerprint density at radius 3 is 2.45 bits per heavy atom. The number of aliphatic imine (C=N–C) groups is 1. The molecular formula is C29H34F3N3O3. The minimum atomic E-state index is -4.48. The molecule has 38 heavy (non-hydrogen) atoms. The summed E-state index contributed by atoms with van der Waals surface area (Å²) in [6.07, 6.45) is -0.760. The average molecular weight is 530 g/mol. The first-order chi connectivity index (χ1) is 18.1. The smallest absolute Gasteiger partial charge is 0.392 e. The standard InChI is InChI=1S/C29H34F3N3O3/c1-3-4-12-24(36)22(17-18-8-7-9-18)27(37)34-26-28(38)35(2)23-11-6-5-10-21(23)25(33-26)19-13-15-20(16-14-19)29(30,31)32/h5-6,10-11,13-16,18,22,24,26,36H,3-4,7-9,12,17H2,1-2H3,(H,34,37)/t22-,24+,26?/m1/s1. The Balaban J connectivity index is 1.68. The van der Waals surface area contributed by atoms with E-state index in [1.165, 1.54) is 17.0 Å². The predicted octanol–water partition coefficient (Wildman–Crippen LogP) is 5.32. The lowest BCUT2D eigenvalue weighted by atomic mass is 9.76. The Hall–Kier alpha value is -3.20. The minimum absolute atomic E-state index is 0.305. The Labute approximate surface area is 220 Å². The number of alkyl halides is 3. The molecule has 0 spiro atoms. The molecule has 1 aliphatic heterocycles. The molecule has 1 aliphatic carbocycles.